The Labute approximate surface area is 88.9 Å². The summed E-state index contributed by atoms with van der Waals surface area (Å²) in [5.74, 6) is -4.46. The summed E-state index contributed by atoms with van der Waals surface area (Å²) in [5.41, 5.74) is 0. The van der Waals surface area contributed by atoms with Crippen molar-refractivity contribution in [2.45, 2.75) is 5.92 Å². The summed E-state index contributed by atoms with van der Waals surface area (Å²) in [7, 11) is 0. The lowest BCUT2D eigenvalue weighted by Gasteiger charge is -2.14. The number of hydrogen-bond donors (Lipinski definition) is 2. The third kappa shape index (κ3) is 3.56. The lowest BCUT2D eigenvalue weighted by Crippen LogP contribution is -2.31. The first-order chi connectivity index (χ1) is 6.94. The topological polar surface area (TPSA) is 45.1 Å². The van der Waals surface area contributed by atoms with Gasteiger partial charge in [-0.15, -0.1) is 0 Å². The molecule has 0 saturated carbocycles. The highest BCUT2D eigenvalue weighted by atomic mass is 35.5. The van der Waals surface area contributed by atoms with Crippen LogP contribution in [0.4, 0.5) is 19.0 Å². The highest BCUT2D eigenvalue weighted by Crippen LogP contribution is 2.18. The molecule has 15 heavy (non-hydrogen) atoms. The Bertz CT molecular complexity index is 349. The van der Waals surface area contributed by atoms with Gasteiger partial charge < -0.3 is 10.4 Å². The van der Waals surface area contributed by atoms with E-state index in [1.54, 1.807) is 0 Å². The molecule has 0 unspecified atom stereocenters. The molecular weight excluding hydrogens is 233 g/mol. The fourth-order valence-corrected chi connectivity index (χ4v) is 0.958. The van der Waals surface area contributed by atoms with E-state index in [4.69, 9.17) is 16.7 Å². The van der Waals surface area contributed by atoms with E-state index < -0.39 is 24.9 Å². The summed E-state index contributed by atoms with van der Waals surface area (Å²) in [5, 5.41) is 10.4. The van der Waals surface area contributed by atoms with Crippen molar-refractivity contribution < 1.29 is 18.3 Å². The Morgan fingerprint density at radius 3 is 2.73 bits per heavy atom. The van der Waals surface area contributed by atoms with Crippen molar-refractivity contribution in [3.05, 3.63) is 23.1 Å². The van der Waals surface area contributed by atoms with Gasteiger partial charge in [0.1, 0.15) is 6.61 Å². The van der Waals surface area contributed by atoms with Crippen LogP contribution in [-0.2, 0) is 0 Å². The van der Waals surface area contributed by atoms with Crippen molar-refractivity contribution in [1.29, 1.82) is 0 Å². The summed E-state index contributed by atoms with van der Waals surface area (Å²) in [6.07, 6.45) is 1.13. The van der Waals surface area contributed by atoms with Crippen LogP contribution >= 0.6 is 11.6 Å². The number of halogens is 4. The van der Waals surface area contributed by atoms with Gasteiger partial charge in [-0.3, -0.25) is 0 Å². The van der Waals surface area contributed by atoms with Gasteiger partial charge in [-0.2, -0.15) is 0 Å². The Hall–Kier alpha value is -1.01. The van der Waals surface area contributed by atoms with E-state index in [0.717, 1.165) is 12.3 Å². The van der Waals surface area contributed by atoms with E-state index in [2.05, 4.69) is 10.3 Å². The van der Waals surface area contributed by atoms with Gasteiger partial charge in [0.05, 0.1) is 11.6 Å². The standard InChI is InChI=1S/C8H8ClF3N2O/c9-5-1-6(10)7(13-2-5)14-3-8(11,12)4-15/h1-2,15H,3-4H2,(H,13,14). The van der Waals surface area contributed by atoms with E-state index in [0.29, 0.717) is 0 Å². The Balaban J connectivity index is 2.66. The Morgan fingerprint density at radius 1 is 1.53 bits per heavy atom. The zero-order valence-corrected chi connectivity index (χ0v) is 8.23. The predicted octanol–water partition coefficient (Wildman–Crippen LogP) is 1.91. The molecule has 2 N–H and O–H groups in total. The van der Waals surface area contributed by atoms with E-state index in [1.807, 2.05) is 0 Å². The minimum Gasteiger partial charge on any atom is -0.390 e. The molecule has 0 aliphatic carbocycles. The summed E-state index contributed by atoms with van der Waals surface area (Å²) < 4.78 is 38.1. The van der Waals surface area contributed by atoms with Crippen LogP contribution in [0.1, 0.15) is 0 Å². The van der Waals surface area contributed by atoms with Crippen molar-refractivity contribution in [1.82, 2.24) is 4.98 Å². The van der Waals surface area contributed by atoms with E-state index in [1.165, 1.54) is 0 Å². The van der Waals surface area contributed by atoms with Gasteiger partial charge in [0.2, 0.25) is 0 Å². The lowest BCUT2D eigenvalue weighted by molar-refractivity contribution is -0.0373. The Kier molecular flexibility index (Phi) is 3.76. The van der Waals surface area contributed by atoms with Gasteiger partial charge in [-0.25, -0.2) is 18.2 Å². The average molecular weight is 241 g/mol. The number of pyridine rings is 1. The number of aliphatic hydroxyl groups excluding tert-OH is 1. The maximum Gasteiger partial charge on any atom is 0.287 e. The summed E-state index contributed by atoms with van der Waals surface area (Å²) in [6, 6.07) is 0.952. The maximum atomic E-state index is 13.0. The molecule has 0 amide bonds. The smallest absolute Gasteiger partial charge is 0.287 e. The molecule has 0 atom stereocenters. The van der Waals surface area contributed by atoms with Gasteiger partial charge in [-0.1, -0.05) is 11.6 Å². The summed E-state index contributed by atoms with van der Waals surface area (Å²) >= 11 is 5.42. The molecule has 1 aromatic rings. The molecule has 0 fully saturated rings. The fraction of sp³-hybridized carbons (Fsp3) is 0.375. The SMILES string of the molecule is OCC(F)(F)CNc1ncc(Cl)cc1F. The van der Waals surface area contributed by atoms with Gasteiger partial charge in [0.15, 0.2) is 11.6 Å². The highest BCUT2D eigenvalue weighted by Gasteiger charge is 2.27. The normalized spacial score (nSPS) is 11.5. The molecule has 0 radical (unpaired) electrons. The molecule has 0 aromatic carbocycles. The number of nitrogens with zero attached hydrogens (tertiary/aromatic N) is 1. The molecule has 0 aliphatic rings. The molecule has 0 spiro atoms. The van der Waals surface area contributed by atoms with Crippen LogP contribution in [0.25, 0.3) is 0 Å². The van der Waals surface area contributed by atoms with Crippen molar-refractivity contribution >= 4 is 17.4 Å². The molecule has 3 nitrogen and oxygen atoms in total. The van der Waals surface area contributed by atoms with Gasteiger partial charge in [0, 0.05) is 6.20 Å². The second kappa shape index (κ2) is 4.67. The fourth-order valence-electron chi connectivity index (χ4n) is 0.814. The molecule has 1 rings (SSSR count). The number of rotatable bonds is 4. The molecule has 0 bridgehead atoms. The third-order valence-electron chi connectivity index (χ3n) is 1.55. The summed E-state index contributed by atoms with van der Waals surface area (Å²) in [4.78, 5) is 3.48. The van der Waals surface area contributed by atoms with E-state index in [9.17, 15) is 13.2 Å². The van der Waals surface area contributed by atoms with Crippen LogP contribution in [0.3, 0.4) is 0 Å². The molecule has 0 aliphatic heterocycles. The third-order valence-corrected chi connectivity index (χ3v) is 1.76. The number of aromatic nitrogens is 1. The predicted molar refractivity (Wildman–Crippen MR) is 49.7 cm³/mol. The minimum absolute atomic E-state index is 0.0759. The highest BCUT2D eigenvalue weighted by molar-refractivity contribution is 6.30. The van der Waals surface area contributed by atoms with Crippen LogP contribution in [-0.4, -0.2) is 29.2 Å². The Morgan fingerprint density at radius 2 is 2.20 bits per heavy atom. The van der Waals surface area contributed by atoms with E-state index in [-0.39, 0.29) is 10.8 Å². The summed E-state index contributed by atoms with van der Waals surface area (Å²) in [6.45, 7) is -2.20. The number of aliphatic hydroxyl groups is 1. The van der Waals surface area contributed by atoms with E-state index >= 15 is 0 Å². The largest absolute Gasteiger partial charge is 0.390 e. The van der Waals surface area contributed by atoms with Crippen LogP contribution < -0.4 is 5.32 Å². The van der Waals surface area contributed by atoms with Crippen LogP contribution in [0.15, 0.2) is 12.3 Å². The van der Waals surface area contributed by atoms with Crippen LogP contribution in [0.2, 0.25) is 5.02 Å². The quantitative estimate of drug-likeness (QED) is 0.845. The zero-order chi connectivity index (χ0) is 11.5. The maximum absolute atomic E-state index is 13.0. The lowest BCUT2D eigenvalue weighted by atomic mass is 10.3. The van der Waals surface area contributed by atoms with Crippen molar-refractivity contribution in [3.63, 3.8) is 0 Å². The van der Waals surface area contributed by atoms with Crippen molar-refractivity contribution in [3.8, 4) is 0 Å². The molecule has 1 aromatic heterocycles. The van der Waals surface area contributed by atoms with Crippen LogP contribution in [0, 0.1) is 5.82 Å². The van der Waals surface area contributed by atoms with Crippen molar-refractivity contribution in [2.75, 3.05) is 18.5 Å². The first-order valence-electron chi connectivity index (χ1n) is 3.98. The monoisotopic (exact) mass is 240 g/mol. The van der Waals surface area contributed by atoms with Crippen LogP contribution in [0.5, 0.6) is 0 Å². The minimum atomic E-state index is -3.31. The number of anilines is 1. The molecule has 7 heteroatoms. The average Bonchev–Trinajstić information content (AvgIpc) is 2.16. The second-order valence-electron chi connectivity index (χ2n) is 2.85. The van der Waals surface area contributed by atoms with Crippen molar-refractivity contribution in [2.24, 2.45) is 0 Å². The first kappa shape index (κ1) is 12.1. The van der Waals surface area contributed by atoms with Gasteiger partial charge in [0.25, 0.3) is 5.92 Å². The van der Waals surface area contributed by atoms with Gasteiger partial charge in [-0.05, 0) is 6.07 Å². The molecular formula is C8H8ClF3N2O. The number of hydrogen-bond acceptors (Lipinski definition) is 3. The molecule has 0 saturated heterocycles. The molecule has 1 heterocycles. The number of alkyl halides is 2. The number of nitrogens with one attached hydrogen (secondary N) is 1. The van der Waals surface area contributed by atoms with Gasteiger partial charge >= 0.3 is 0 Å². The second-order valence-corrected chi connectivity index (χ2v) is 3.29. The molecule has 84 valence electrons. The zero-order valence-electron chi connectivity index (χ0n) is 7.48. The first-order valence-corrected chi connectivity index (χ1v) is 4.36.